The summed E-state index contributed by atoms with van der Waals surface area (Å²) in [5, 5.41) is 11.1. The van der Waals surface area contributed by atoms with E-state index in [0.29, 0.717) is 32.1 Å². The summed E-state index contributed by atoms with van der Waals surface area (Å²) in [7, 11) is 0. The Labute approximate surface area is 194 Å². The molecule has 1 N–H and O–H groups in total. The van der Waals surface area contributed by atoms with Crippen LogP contribution in [-0.4, -0.2) is 92.9 Å². The Morgan fingerprint density at radius 1 is 0.848 bits per heavy atom. The molecule has 2 heterocycles. The van der Waals surface area contributed by atoms with Crippen molar-refractivity contribution >= 4 is 0 Å². The molecule has 0 aromatic heterocycles. The molecule has 0 saturated carbocycles. The van der Waals surface area contributed by atoms with Crippen LogP contribution in [0.2, 0.25) is 0 Å². The van der Waals surface area contributed by atoms with Crippen molar-refractivity contribution in [3.05, 3.63) is 59.9 Å². The zero-order valence-corrected chi connectivity index (χ0v) is 19.0. The number of morpholine rings is 1. The van der Waals surface area contributed by atoms with E-state index in [9.17, 15) is 9.50 Å². The number of rotatable bonds is 9. The molecule has 2 saturated heterocycles. The van der Waals surface area contributed by atoms with Gasteiger partial charge in [-0.1, -0.05) is 12.1 Å². The summed E-state index contributed by atoms with van der Waals surface area (Å²) in [6.45, 7) is 7.72. The zero-order chi connectivity index (χ0) is 22.9. The fraction of sp³-hybridized carbons (Fsp3) is 0.520. The third kappa shape index (κ3) is 7.65. The second kappa shape index (κ2) is 11.8. The standard InChI is InChI=1S/C25H33FN2O5/c26-22-3-7-24(8-4-22)33-20-25(29)18-28(11-15-31-19-25)17-21-1-5-23(6-2-21)32-16-12-27-9-13-30-14-10-27/h1-8,29H,9-20H2/t25-/m1/s1. The van der Waals surface area contributed by atoms with Crippen molar-refractivity contribution in [3.63, 3.8) is 0 Å². The fourth-order valence-corrected chi connectivity index (χ4v) is 4.03. The number of β-amino-alcohol motifs (C(OH)–C–C–N with tert-alkyl or cyclic N) is 1. The van der Waals surface area contributed by atoms with Crippen molar-refractivity contribution in [1.82, 2.24) is 9.80 Å². The highest BCUT2D eigenvalue weighted by molar-refractivity contribution is 5.27. The van der Waals surface area contributed by atoms with E-state index in [-0.39, 0.29) is 19.0 Å². The average molecular weight is 461 g/mol. The third-order valence-electron chi connectivity index (χ3n) is 5.87. The van der Waals surface area contributed by atoms with E-state index in [1.54, 1.807) is 12.1 Å². The Kier molecular flexibility index (Phi) is 8.52. The summed E-state index contributed by atoms with van der Waals surface area (Å²) in [6, 6.07) is 13.9. The summed E-state index contributed by atoms with van der Waals surface area (Å²) in [5.41, 5.74) is -0.00723. The van der Waals surface area contributed by atoms with Crippen LogP contribution < -0.4 is 9.47 Å². The molecule has 2 fully saturated rings. The smallest absolute Gasteiger partial charge is 0.134 e. The monoisotopic (exact) mass is 460 g/mol. The quantitative estimate of drug-likeness (QED) is 0.616. The number of ether oxygens (including phenoxy) is 4. The van der Waals surface area contributed by atoms with Gasteiger partial charge in [-0.25, -0.2) is 4.39 Å². The summed E-state index contributed by atoms with van der Waals surface area (Å²) >= 11 is 0. The maximum Gasteiger partial charge on any atom is 0.134 e. The molecule has 2 aromatic carbocycles. The summed E-state index contributed by atoms with van der Waals surface area (Å²) in [5.74, 6) is 1.05. The molecule has 0 unspecified atom stereocenters. The molecule has 33 heavy (non-hydrogen) atoms. The van der Waals surface area contributed by atoms with Crippen molar-refractivity contribution in [2.45, 2.75) is 12.1 Å². The Hall–Kier alpha value is -2.23. The maximum absolute atomic E-state index is 13.1. The van der Waals surface area contributed by atoms with Gasteiger partial charge in [-0.3, -0.25) is 9.80 Å². The van der Waals surface area contributed by atoms with E-state index in [1.807, 2.05) is 12.1 Å². The van der Waals surface area contributed by atoms with Crippen molar-refractivity contribution in [3.8, 4) is 11.5 Å². The van der Waals surface area contributed by atoms with Crippen LogP contribution in [0, 0.1) is 5.82 Å². The Balaban J connectivity index is 1.25. The molecule has 4 rings (SSSR count). The molecule has 0 spiro atoms. The second-order valence-electron chi connectivity index (χ2n) is 8.68. The van der Waals surface area contributed by atoms with E-state index >= 15 is 0 Å². The first-order valence-electron chi connectivity index (χ1n) is 11.5. The van der Waals surface area contributed by atoms with Gasteiger partial charge >= 0.3 is 0 Å². The average Bonchev–Trinajstić information content (AvgIpc) is 3.02. The zero-order valence-electron chi connectivity index (χ0n) is 19.0. The topological polar surface area (TPSA) is 63.6 Å². The molecule has 0 radical (unpaired) electrons. The second-order valence-corrected chi connectivity index (χ2v) is 8.68. The van der Waals surface area contributed by atoms with Crippen molar-refractivity contribution < 1.29 is 28.4 Å². The van der Waals surface area contributed by atoms with E-state index in [4.69, 9.17) is 18.9 Å². The molecule has 2 aromatic rings. The van der Waals surface area contributed by atoms with Gasteiger partial charge in [-0.15, -0.1) is 0 Å². The number of nitrogens with zero attached hydrogens (tertiary/aromatic N) is 2. The molecule has 7 nitrogen and oxygen atoms in total. The van der Waals surface area contributed by atoms with Crippen LogP contribution in [-0.2, 0) is 16.0 Å². The first kappa shape index (κ1) is 23.9. The first-order valence-corrected chi connectivity index (χ1v) is 11.5. The van der Waals surface area contributed by atoms with Gasteiger partial charge < -0.3 is 24.1 Å². The Morgan fingerprint density at radius 3 is 2.24 bits per heavy atom. The molecule has 2 aliphatic rings. The van der Waals surface area contributed by atoms with E-state index in [0.717, 1.165) is 50.7 Å². The molecule has 8 heteroatoms. The van der Waals surface area contributed by atoms with Gasteiger partial charge in [0.2, 0.25) is 0 Å². The normalized spacial score (nSPS) is 22.6. The van der Waals surface area contributed by atoms with Crippen LogP contribution in [0.4, 0.5) is 4.39 Å². The molecular weight excluding hydrogens is 427 g/mol. The SMILES string of the molecule is O[C@@]1(COc2ccc(F)cc2)COCCN(Cc2ccc(OCCN3CCOCC3)cc2)C1. The lowest BCUT2D eigenvalue weighted by atomic mass is 10.1. The number of halogens is 1. The minimum absolute atomic E-state index is 0.0745. The van der Waals surface area contributed by atoms with Gasteiger partial charge in [0.1, 0.15) is 36.1 Å². The number of hydrogen-bond acceptors (Lipinski definition) is 7. The lowest BCUT2D eigenvalue weighted by Gasteiger charge is -2.30. The molecule has 1 atom stereocenters. The van der Waals surface area contributed by atoms with Crippen LogP contribution in [0.3, 0.4) is 0 Å². The molecular formula is C25H33FN2O5. The lowest BCUT2D eigenvalue weighted by molar-refractivity contribution is -0.0646. The van der Waals surface area contributed by atoms with Crippen LogP contribution >= 0.6 is 0 Å². The predicted molar refractivity (Wildman–Crippen MR) is 122 cm³/mol. The lowest BCUT2D eigenvalue weighted by Crippen LogP contribution is -2.48. The number of hydrogen-bond donors (Lipinski definition) is 1. The highest BCUT2D eigenvalue weighted by atomic mass is 19.1. The van der Waals surface area contributed by atoms with Crippen molar-refractivity contribution in [2.24, 2.45) is 0 Å². The maximum atomic E-state index is 13.1. The highest BCUT2D eigenvalue weighted by Crippen LogP contribution is 2.20. The van der Waals surface area contributed by atoms with Gasteiger partial charge in [0.05, 0.1) is 26.4 Å². The third-order valence-corrected chi connectivity index (χ3v) is 5.87. The highest BCUT2D eigenvalue weighted by Gasteiger charge is 2.33. The minimum atomic E-state index is -1.15. The molecule has 2 aliphatic heterocycles. The predicted octanol–water partition coefficient (Wildman–Crippen LogP) is 2.18. The number of benzene rings is 2. The summed E-state index contributed by atoms with van der Waals surface area (Å²) in [4.78, 5) is 4.51. The van der Waals surface area contributed by atoms with Gasteiger partial charge in [0, 0.05) is 39.3 Å². The summed E-state index contributed by atoms with van der Waals surface area (Å²) in [6.07, 6.45) is 0. The molecule has 180 valence electrons. The van der Waals surface area contributed by atoms with Gasteiger partial charge in [0.25, 0.3) is 0 Å². The number of aliphatic hydroxyl groups is 1. The first-order chi connectivity index (χ1) is 16.1. The van der Waals surface area contributed by atoms with Crippen LogP contribution in [0.1, 0.15) is 5.56 Å². The molecule has 0 bridgehead atoms. The largest absolute Gasteiger partial charge is 0.492 e. The van der Waals surface area contributed by atoms with Gasteiger partial charge in [-0.2, -0.15) is 0 Å². The summed E-state index contributed by atoms with van der Waals surface area (Å²) < 4.78 is 35.7. The van der Waals surface area contributed by atoms with Gasteiger partial charge in [-0.05, 0) is 42.0 Å². The minimum Gasteiger partial charge on any atom is -0.492 e. The Bertz CT molecular complexity index is 845. The fourth-order valence-electron chi connectivity index (χ4n) is 4.03. The van der Waals surface area contributed by atoms with Crippen LogP contribution in [0.15, 0.2) is 48.5 Å². The van der Waals surface area contributed by atoms with Crippen molar-refractivity contribution in [2.75, 3.05) is 72.4 Å². The molecule has 0 amide bonds. The molecule has 0 aliphatic carbocycles. The van der Waals surface area contributed by atoms with E-state index in [2.05, 4.69) is 21.9 Å². The Morgan fingerprint density at radius 2 is 1.48 bits per heavy atom. The van der Waals surface area contributed by atoms with Crippen LogP contribution in [0.5, 0.6) is 11.5 Å². The van der Waals surface area contributed by atoms with E-state index < -0.39 is 5.60 Å². The van der Waals surface area contributed by atoms with Crippen molar-refractivity contribution in [1.29, 1.82) is 0 Å². The van der Waals surface area contributed by atoms with Crippen LogP contribution in [0.25, 0.3) is 0 Å². The van der Waals surface area contributed by atoms with E-state index in [1.165, 1.54) is 12.1 Å². The van der Waals surface area contributed by atoms with Gasteiger partial charge in [0.15, 0.2) is 0 Å².